The van der Waals surface area contributed by atoms with E-state index in [2.05, 4.69) is 14.2 Å². The largest absolute Gasteiger partial charge is 0.397 e. The smallest absolute Gasteiger partial charge is 0.391 e. The molecular weight excluding hydrogens is 1020 g/mol. The van der Waals surface area contributed by atoms with Gasteiger partial charge in [0.25, 0.3) is 22.6 Å². The zero-order valence-electron chi connectivity index (χ0n) is 29.4. The van der Waals surface area contributed by atoms with Crippen molar-refractivity contribution in [2.45, 2.75) is 141 Å². The highest BCUT2D eigenvalue weighted by Crippen LogP contribution is 2.91. The van der Waals surface area contributed by atoms with Crippen LogP contribution in [-0.2, 0) is 14.2 Å². The maximum Gasteiger partial charge on any atom is 0.397 e. The third kappa shape index (κ3) is 3.74. The molecule has 0 saturated heterocycles. The van der Waals surface area contributed by atoms with Gasteiger partial charge in [-0.05, 0) is 6.42 Å². The molecular formula is C28H14F32O5. The van der Waals surface area contributed by atoms with Gasteiger partial charge in [-0.1, -0.05) is 0 Å². The molecule has 2 unspecified atom stereocenters. The Bertz CT molecular complexity index is 1820. The standard InChI is InChI=1S/C28H14F32O5/c29-8(9(30)17(37,38)11(32)19(41,42)10(8,31)20(43,44)12(33,18(9,39)40)21(11,45)46)28(59,60)65-4-6(61)1-2-63-3-7(62)5-64-16-25(53,54)13(34)22(47,48)14(35,26(16,55)56)24(51,52)15(36,23(13,49)50)27(16,57)58/h6-7,61-62H,1-5H2. The molecule has 8 aliphatic rings. The second-order valence-corrected chi connectivity index (χ2v) is 15.6. The highest BCUT2D eigenvalue weighted by molar-refractivity contribution is 5.57. The van der Waals surface area contributed by atoms with E-state index >= 15 is 61.5 Å². The third-order valence-electron chi connectivity index (χ3n) is 12.8. The van der Waals surface area contributed by atoms with E-state index in [1.54, 1.807) is 0 Å². The summed E-state index contributed by atoms with van der Waals surface area (Å²) >= 11 is 0. The van der Waals surface area contributed by atoms with Gasteiger partial charge < -0.3 is 24.4 Å². The van der Waals surface area contributed by atoms with Gasteiger partial charge in [-0.3, -0.25) is 0 Å². The number of ether oxygens (including phenoxy) is 3. The van der Waals surface area contributed by atoms with Gasteiger partial charge in [0.1, 0.15) is 6.10 Å². The van der Waals surface area contributed by atoms with E-state index in [4.69, 9.17) is 0 Å². The van der Waals surface area contributed by atoms with Crippen LogP contribution in [0.1, 0.15) is 6.42 Å². The summed E-state index contributed by atoms with van der Waals surface area (Å²) in [5.74, 6) is -91.8. The zero-order chi connectivity index (χ0) is 51.3. The fourth-order valence-corrected chi connectivity index (χ4v) is 9.44. The van der Waals surface area contributed by atoms with Crippen LogP contribution in [0.15, 0.2) is 0 Å². The van der Waals surface area contributed by atoms with Crippen molar-refractivity contribution in [2.75, 3.05) is 26.4 Å². The van der Waals surface area contributed by atoms with Crippen molar-refractivity contribution < 1.29 is 165 Å². The maximum absolute atomic E-state index is 15.9. The molecule has 0 amide bonds. The number of rotatable bonds is 12. The van der Waals surface area contributed by atoms with Gasteiger partial charge in [-0.15, -0.1) is 0 Å². The molecule has 8 saturated carbocycles. The van der Waals surface area contributed by atoms with Crippen LogP contribution in [0.3, 0.4) is 0 Å². The maximum atomic E-state index is 15.9. The van der Waals surface area contributed by atoms with Gasteiger partial charge in [0, 0.05) is 6.61 Å². The Morgan fingerprint density at radius 2 is 0.600 bits per heavy atom. The van der Waals surface area contributed by atoms with E-state index in [9.17, 15) is 89.2 Å². The fraction of sp³-hybridized carbons (Fsp3) is 1.00. The van der Waals surface area contributed by atoms with Gasteiger partial charge in [-0.2, -0.15) is 105 Å². The van der Waals surface area contributed by atoms with Crippen LogP contribution in [0.2, 0.25) is 0 Å². The topological polar surface area (TPSA) is 68.2 Å². The van der Waals surface area contributed by atoms with Crippen LogP contribution in [0.4, 0.5) is 140 Å². The predicted octanol–water partition coefficient (Wildman–Crippen LogP) is 8.22. The summed E-state index contributed by atoms with van der Waals surface area (Å²) in [6.45, 7) is -9.80. The average Bonchev–Trinajstić information content (AvgIpc) is 3.14. The molecule has 0 radical (unpaired) electrons. The lowest BCUT2D eigenvalue weighted by Crippen LogP contribution is -3.10. The SMILES string of the molecule is OC(CCOCC(O)COC12C(F)(F)C3(F)C(F)(F)C(F)(C(F)(F)C(F)(C3(F)F)C1(F)F)C2(F)F)COC(F)(F)C1(F)C2(F)C(F)(F)C3(F)C(F)(F)C(F)(C2(F)F)C(F)(F)C1(F)C3(F)F. The first-order valence-corrected chi connectivity index (χ1v) is 16.5. The molecule has 0 aliphatic heterocycles. The van der Waals surface area contributed by atoms with E-state index in [0.29, 0.717) is 0 Å². The Kier molecular flexibility index (Phi) is 9.53. The van der Waals surface area contributed by atoms with Gasteiger partial charge in [0.05, 0.1) is 25.9 Å². The van der Waals surface area contributed by atoms with Crippen LogP contribution >= 0.6 is 0 Å². The minimum Gasteiger partial charge on any atom is -0.391 e. The molecule has 8 rings (SSSR count). The second kappa shape index (κ2) is 11.9. The summed E-state index contributed by atoms with van der Waals surface area (Å²) in [7, 11) is 0. The molecule has 0 aromatic rings. The molecule has 0 aromatic heterocycles. The van der Waals surface area contributed by atoms with E-state index < -0.39 is 167 Å². The highest BCUT2D eigenvalue weighted by atomic mass is 19.4. The number of alkyl halides is 32. The summed E-state index contributed by atoms with van der Waals surface area (Å²) < 4.78 is 488. The number of hydrogen-bond donors (Lipinski definition) is 2. The van der Waals surface area contributed by atoms with Crippen molar-refractivity contribution in [1.29, 1.82) is 0 Å². The molecule has 8 aliphatic carbocycles. The van der Waals surface area contributed by atoms with Gasteiger partial charge in [0.15, 0.2) is 0 Å². The van der Waals surface area contributed by atoms with Crippen LogP contribution < -0.4 is 0 Å². The Morgan fingerprint density at radius 1 is 0.338 bits per heavy atom. The Labute approximate surface area is 333 Å². The summed E-state index contributed by atoms with van der Waals surface area (Å²) in [6.07, 6.45) is -16.3. The van der Waals surface area contributed by atoms with Crippen LogP contribution in [0.5, 0.6) is 0 Å². The van der Waals surface area contributed by atoms with Crippen molar-refractivity contribution >= 4 is 0 Å². The highest BCUT2D eigenvalue weighted by Gasteiger charge is 3.26. The summed E-state index contributed by atoms with van der Waals surface area (Å²) in [5.41, 5.74) is -74.5. The minimum atomic E-state index is -8.64. The monoisotopic (exact) mass is 1040 g/mol. The van der Waals surface area contributed by atoms with E-state index in [0.717, 1.165) is 0 Å². The van der Waals surface area contributed by atoms with Crippen molar-refractivity contribution in [2.24, 2.45) is 0 Å². The van der Waals surface area contributed by atoms with Crippen LogP contribution in [0, 0.1) is 0 Å². The first-order valence-electron chi connectivity index (χ1n) is 16.5. The molecule has 8 bridgehead atoms. The summed E-state index contributed by atoms with van der Waals surface area (Å²) in [4.78, 5) is 0. The van der Waals surface area contributed by atoms with Crippen LogP contribution in [-0.4, -0.2) is 171 Å². The zero-order valence-corrected chi connectivity index (χ0v) is 29.4. The molecule has 2 atom stereocenters. The number of aliphatic hydroxyl groups is 2. The Balaban J connectivity index is 1.20. The van der Waals surface area contributed by atoms with Gasteiger partial charge in [0.2, 0.25) is 0 Å². The molecule has 8 fully saturated rings. The Morgan fingerprint density at radius 3 is 0.892 bits per heavy atom. The number of hydrogen-bond acceptors (Lipinski definition) is 5. The van der Waals surface area contributed by atoms with E-state index in [-0.39, 0.29) is 0 Å². The first-order chi connectivity index (χ1) is 28.2. The summed E-state index contributed by atoms with van der Waals surface area (Å²) in [5, 5.41) is 19.4. The summed E-state index contributed by atoms with van der Waals surface area (Å²) in [6, 6.07) is 0. The van der Waals surface area contributed by atoms with E-state index in [1.807, 2.05) is 0 Å². The van der Waals surface area contributed by atoms with Crippen LogP contribution in [0.25, 0.3) is 0 Å². The minimum absolute atomic E-state index is 1.74. The molecule has 37 heteroatoms. The van der Waals surface area contributed by atoms with E-state index in [1.165, 1.54) is 0 Å². The van der Waals surface area contributed by atoms with Gasteiger partial charge in [-0.25, -0.2) is 35.1 Å². The predicted molar refractivity (Wildman–Crippen MR) is 132 cm³/mol. The molecule has 65 heavy (non-hydrogen) atoms. The lowest BCUT2D eigenvalue weighted by Gasteiger charge is -2.75. The number of halogens is 32. The van der Waals surface area contributed by atoms with Crippen molar-refractivity contribution in [1.82, 2.24) is 0 Å². The quantitative estimate of drug-likeness (QED) is 0.153. The van der Waals surface area contributed by atoms with Crippen molar-refractivity contribution in [3.05, 3.63) is 0 Å². The second-order valence-electron chi connectivity index (χ2n) is 15.6. The molecule has 0 aromatic carbocycles. The van der Waals surface area contributed by atoms with Gasteiger partial charge >= 0.3 is 99.6 Å². The normalized spacial score (nSPS) is 48.3. The molecule has 5 nitrogen and oxygen atoms in total. The van der Waals surface area contributed by atoms with Crippen molar-refractivity contribution in [3.63, 3.8) is 0 Å². The lowest BCUT2D eigenvalue weighted by atomic mass is 9.37. The fourth-order valence-electron chi connectivity index (χ4n) is 9.44. The molecule has 0 heterocycles. The first kappa shape index (κ1) is 51.9. The Hall–Kier alpha value is -2.44. The average molecular weight is 1040 g/mol. The third-order valence-corrected chi connectivity index (χ3v) is 12.8. The lowest BCUT2D eigenvalue weighted by molar-refractivity contribution is -0.619. The number of aliphatic hydroxyl groups excluding tert-OH is 2. The molecule has 2 N–H and O–H groups in total. The van der Waals surface area contributed by atoms with Crippen molar-refractivity contribution in [3.8, 4) is 0 Å². The molecule has 380 valence electrons. The molecule has 0 spiro atoms.